The molecule has 2 aromatic carbocycles. The fourth-order valence-corrected chi connectivity index (χ4v) is 3.22. The minimum atomic E-state index is -3.36. The summed E-state index contributed by atoms with van der Waals surface area (Å²) in [6.45, 7) is 1.60. The molecule has 0 aromatic heterocycles. The summed E-state index contributed by atoms with van der Waals surface area (Å²) in [6, 6.07) is 9.96. The molecule has 2 aromatic rings. The van der Waals surface area contributed by atoms with Crippen molar-refractivity contribution in [3.63, 3.8) is 0 Å². The molecule has 10 heteroatoms. The molecule has 0 aliphatic carbocycles. The van der Waals surface area contributed by atoms with E-state index in [9.17, 15) is 22.4 Å². The van der Waals surface area contributed by atoms with Gasteiger partial charge in [-0.25, -0.2) is 12.8 Å². The van der Waals surface area contributed by atoms with Crippen molar-refractivity contribution < 1.29 is 22.4 Å². The van der Waals surface area contributed by atoms with E-state index < -0.39 is 21.7 Å². The maximum absolute atomic E-state index is 13.2. The lowest BCUT2D eigenvalue weighted by Crippen LogP contribution is -2.28. The van der Waals surface area contributed by atoms with Crippen LogP contribution in [0, 0.1) is 5.82 Å². The Morgan fingerprint density at radius 3 is 2.36 bits per heavy atom. The number of rotatable bonds is 8. The van der Waals surface area contributed by atoms with Crippen molar-refractivity contribution in [2.24, 2.45) is 0 Å². The molecule has 2 rings (SSSR count). The average molecular weight is 472 g/mol. The number of hydrogen-bond acceptors (Lipinski definition) is 4. The third-order valence-corrected chi connectivity index (χ3v) is 5.63. The minimum absolute atomic E-state index is 0.0168. The second kappa shape index (κ2) is 9.65. The van der Waals surface area contributed by atoms with Crippen molar-refractivity contribution in [1.82, 2.24) is 5.32 Å². The number of hydrogen-bond donors (Lipinski definition) is 3. The smallest absolute Gasteiger partial charge is 0.252 e. The second-order valence-corrected chi connectivity index (χ2v) is 8.63. The van der Waals surface area contributed by atoms with E-state index in [0.717, 1.165) is 6.07 Å². The minimum Gasteiger partial charge on any atom is -0.351 e. The SMILES string of the molecule is CCS(=O)(=O)Nc1ccc(NC(=O)CCNC(=O)c2cc(F)ccc2Br)cc1. The molecule has 0 aliphatic heterocycles. The lowest BCUT2D eigenvalue weighted by Gasteiger charge is -2.09. The number of anilines is 2. The van der Waals surface area contributed by atoms with Crippen LogP contribution in [-0.4, -0.2) is 32.5 Å². The van der Waals surface area contributed by atoms with Gasteiger partial charge in [-0.15, -0.1) is 0 Å². The van der Waals surface area contributed by atoms with Crippen LogP contribution < -0.4 is 15.4 Å². The standard InChI is InChI=1S/C18H19BrFN3O4S/c1-2-28(26,27)23-14-6-4-13(5-7-14)22-17(24)9-10-21-18(25)15-11-12(20)3-8-16(15)19/h3-8,11,23H,2,9-10H2,1H3,(H,21,25)(H,22,24). The van der Waals surface area contributed by atoms with Gasteiger partial charge < -0.3 is 10.6 Å². The van der Waals surface area contributed by atoms with Gasteiger partial charge in [0.25, 0.3) is 5.91 Å². The first-order valence-electron chi connectivity index (χ1n) is 8.34. The molecule has 2 amide bonds. The fraction of sp³-hybridized carbons (Fsp3) is 0.222. The number of sulfonamides is 1. The summed E-state index contributed by atoms with van der Waals surface area (Å²) in [5.41, 5.74) is 1.03. The molecule has 0 atom stereocenters. The summed E-state index contributed by atoms with van der Waals surface area (Å²) in [4.78, 5) is 24.0. The highest BCUT2D eigenvalue weighted by Gasteiger charge is 2.12. The number of carbonyl (C=O) groups is 2. The molecule has 0 aliphatic rings. The van der Waals surface area contributed by atoms with Crippen molar-refractivity contribution in [1.29, 1.82) is 0 Å². The molecule has 0 bridgehead atoms. The Hall–Kier alpha value is -2.46. The van der Waals surface area contributed by atoms with E-state index >= 15 is 0 Å². The van der Waals surface area contributed by atoms with E-state index in [-0.39, 0.29) is 30.2 Å². The maximum atomic E-state index is 13.2. The average Bonchev–Trinajstić information content (AvgIpc) is 2.65. The van der Waals surface area contributed by atoms with Crippen molar-refractivity contribution >= 4 is 49.1 Å². The van der Waals surface area contributed by atoms with Crippen molar-refractivity contribution in [2.75, 3.05) is 22.3 Å². The van der Waals surface area contributed by atoms with Gasteiger partial charge in [0.1, 0.15) is 5.82 Å². The van der Waals surface area contributed by atoms with Crippen molar-refractivity contribution in [2.45, 2.75) is 13.3 Å². The molecule has 0 spiro atoms. The molecule has 150 valence electrons. The Morgan fingerprint density at radius 2 is 1.71 bits per heavy atom. The molecular weight excluding hydrogens is 453 g/mol. The molecule has 0 saturated carbocycles. The Kier molecular flexibility index (Phi) is 7.53. The van der Waals surface area contributed by atoms with Crippen LogP contribution >= 0.6 is 15.9 Å². The van der Waals surface area contributed by atoms with E-state index in [2.05, 4.69) is 31.3 Å². The van der Waals surface area contributed by atoms with Gasteiger partial charge in [0.2, 0.25) is 15.9 Å². The van der Waals surface area contributed by atoms with Crippen molar-refractivity contribution in [3.8, 4) is 0 Å². The van der Waals surface area contributed by atoms with Crippen LogP contribution in [0.25, 0.3) is 0 Å². The Bertz CT molecular complexity index is 965. The van der Waals surface area contributed by atoms with Crippen LogP contribution in [0.5, 0.6) is 0 Å². The zero-order valence-electron chi connectivity index (χ0n) is 15.0. The van der Waals surface area contributed by atoms with Gasteiger partial charge in [-0.05, 0) is 65.3 Å². The van der Waals surface area contributed by atoms with Crippen LogP contribution in [0.15, 0.2) is 46.9 Å². The molecule has 0 heterocycles. The zero-order valence-corrected chi connectivity index (χ0v) is 17.4. The number of amides is 2. The summed E-state index contributed by atoms with van der Waals surface area (Å²) in [5.74, 6) is -1.40. The molecule has 0 fully saturated rings. The Labute approximate surface area is 170 Å². The summed E-state index contributed by atoms with van der Waals surface area (Å²) in [7, 11) is -3.36. The van der Waals surface area contributed by atoms with Crippen LogP contribution in [0.2, 0.25) is 0 Å². The summed E-state index contributed by atoms with van der Waals surface area (Å²) in [6.07, 6.45) is 0.0168. The van der Waals surface area contributed by atoms with Gasteiger partial charge in [0, 0.05) is 28.8 Å². The van der Waals surface area contributed by atoms with E-state index in [4.69, 9.17) is 0 Å². The largest absolute Gasteiger partial charge is 0.351 e. The van der Waals surface area contributed by atoms with Crippen LogP contribution in [-0.2, 0) is 14.8 Å². The highest BCUT2D eigenvalue weighted by atomic mass is 79.9. The van der Waals surface area contributed by atoms with Crippen LogP contribution in [0.3, 0.4) is 0 Å². The quantitative estimate of drug-likeness (QED) is 0.549. The molecule has 0 radical (unpaired) electrons. The summed E-state index contributed by atoms with van der Waals surface area (Å²) in [5, 5.41) is 5.20. The lowest BCUT2D eigenvalue weighted by atomic mass is 10.2. The molecule has 0 unspecified atom stereocenters. The van der Waals surface area contributed by atoms with Crippen LogP contribution in [0.1, 0.15) is 23.7 Å². The molecule has 7 nitrogen and oxygen atoms in total. The van der Waals surface area contributed by atoms with Gasteiger partial charge in [-0.1, -0.05) is 0 Å². The summed E-state index contributed by atoms with van der Waals surface area (Å²) >= 11 is 3.18. The highest BCUT2D eigenvalue weighted by molar-refractivity contribution is 9.10. The molecular formula is C18H19BrFN3O4S. The maximum Gasteiger partial charge on any atom is 0.252 e. The number of benzene rings is 2. The second-order valence-electron chi connectivity index (χ2n) is 5.76. The zero-order chi connectivity index (χ0) is 20.7. The first kappa shape index (κ1) is 21.8. The monoisotopic (exact) mass is 471 g/mol. The van der Waals surface area contributed by atoms with E-state index in [0.29, 0.717) is 15.8 Å². The number of halogens is 2. The van der Waals surface area contributed by atoms with E-state index in [1.165, 1.54) is 31.2 Å². The van der Waals surface area contributed by atoms with Gasteiger partial charge >= 0.3 is 0 Å². The third-order valence-electron chi connectivity index (χ3n) is 3.63. The molecule has 28 heavy (non-hydrogen) atoms. The normalized spacial score (nSPS) is 11.0. The lowest BCUT2D eigenvalue weighted by molar-refractivity contribution is -0.116. The highest BCUT2D eigenvalue weighted by Crippen LogP contribution is 2.18. The number of carbonyl (C=O) groups excluding carboxylic acids is 2. The Morgan fingerprint density at radius 1 is 1.07 bits per heavy atom. The topological polar surface area (TPSA) is 104 Å². The van der Waals surface area contributed by atoms with Crippen molar-refractivity contribution in [3.05, 3.63) is 58.3 Å². The van der Waals surface area contributed by atoms with Gasteiger partial charge in [0.05, 0.1) is 11.3 Å². The molecule has 3 N–H and O–H groups in total. The first-order valence-corrected chi connectivity index (χ1v) is 10.8. The number of nitrogens with one attached hydrogen (secondary N) is 3. The van der Waals surface area contributed by atoms with Crippen LogP contribution in [0.4, 0.5) is 15.8 Å². The fourth-order valence-electron chi connectivity index (χ4n) is 2.15. The predicted octanol–water partition coefficient (Wildman–Crippen LogP) is 3.11. The Balaban J connectivity index is 1.82. The van der Waals surface area contributed by atoms with Gasteiger partial charge in [0.15, 0.2) is 0 Å². The van der Waals surface area contributed by atoms with E-state index in [1.54, 1.807) is 12.1 Å². The van der Waals surface area contributed by atoms with Gasteiger partial charge in [-0.2, -0.15) is 0 Å². The van der Waals surface area contributed by atoms with Gasteiger partial charge in [-0.3, -0.25) is 14.3 Å². The first-order chi connectivity index (χ1) is 13.2. The summed E-state index contributed by atoms with van der Waals surface area (Å²) < 4.78 is 39.1. The van der Waals surface area contributed by atoms with E-state index in [1.807, 2.05) is 0 Å². The molecule has 0 saturated heterocycles. The third kappa shape index (κ3) is 6.61. The predicted molar refractivity (Wildman–Crippen MR) is 109 cm³/mol.